The molecule has 1 aromatic carbocycles. The van der Waals surface area contributed by atoms with E-state index in [0.29, 0.717) is 17.8 Å². The lowest BCUT2D eigenvalue weighted by atomic mass is 9.54. The van der Waals surface area contributed by atoms with Crippen molar-refractivity contribution in [3.63, 3.8) is 0 Å². The highest BCUT2D eigenvalue weighted by Gasteiger charge is 2.51. The van der Waals surface area contributed by atoms with Crippen LogP contribution in [0.5, 0.6) is 0 Å². The van der Waals surface area contributed by atoms with Crippen molar-refractivity contribution in [1.29, 1.82) is 0 Å². The average Bonchev–Trinajstić information content (AvgIpc) is 3.14. The van der Waals surface area contributed by atoms with Crippen LogP contribution in [0.2, 0.25) is 0 Å². The van der Waals surface area contributed by atoms with Crippen molar-refractivity contribution in [2.45, 2.75) is 64.7 Å². The van der Waals surface area contributed by atoms with Gasteiger partial charge in [-0.2, -0.15) is 10.2 Å². The van der Waals surface area contributed by atoms with Crippen LogP contribution < -0.4 is 5.32 Å². The second kappa shape index (κ2) is 8.40. The number of nitrogens with one attached hydrogen (secondary N) is 1. The highest BCUT2D eigenvalue weighted by atomic mass is 16.4. The maximum absolute atomic E-state index is 12.1. The van der Waals surface area contributed by atoms with Crippen molar-refractivity contribution in [1.82, 2.24) is 10.2 Å². The lowest BCUT2D eigenvalue weighted by molar-refractivity contribution is -0.138. The van der Waals surface area contributed by atoms with Gasteiger partial charge >= 0.3 is 5.97 Å². The summed E-state index contributed by atoms with van der Waals surface area (Å²) in [6.45, 7) is 4.46. The van der Waals surface area contributed by atoms with E-state index in [1.165, 1.54) is 41.5 Å². The van der Waals surface area contributed by atoms with Crippen molar-refractivity contribution in [2.24, 2.45) is 17.3 Å². The largest absolute Gasteiger partial charge is 0.481 e. The summed E-state index contributed by atoms with van der Waals surface area (Å²) in [4.78, 5) is 22.8. The number of amides is 1. The maximum atomic E-state index is 12.1. The molecule has 2 N–H and O–H groups in total. The fourth-order valence-corrected chi connectivity index (χ4v) is 6.74. The molecule has 2 aromatic rings. The third kappa shape index (κ3) is 3.96. The van der Waals surface area contributed by atoms with Crippen molar-refractivity contribution >= 4 is 23.1 Å². The van der Waals surface area contributed by atoms with Gasteiger partial charge in [0.25, 0.3) is 0 Å². The van der Waals surface area contributed by atoms with E-state index in [1.807, 2.05) is 19.2 Å². The molecule has 0 aliphatic heterocycles. The van der Waals surface area contributed by atoms with Gasteiger partial charge in [-0.05, 0) is 103 Å². The van der Waals surface area contributed by atoms with E-state index in [0.717, 1.165) is 24.2 Å². The van der Waals surface area contributed by atoms with Crippen molar-refractivity contribution in [2.75, 3.05) is 5.32 Å². The van der Waals surface area contributed by atoms with Gasteiger partial charge in [0.2, 0.25) is 5.91 Å². The molecule has 5 rings (SSSR count). The second-order valence-electron chi connectivity index (χ2n) is 10.2. The first-order chi connectivity index (χ1) is 15.8. The van der Waals surface area contributed by atoms with Gasteiger partial charge in [0.05, 0.1) is 18.3 Å². The van der Waals surface area contributed by atoms with Crippen LogP contribution >= 0.6 is 0 Å². The van der Waals surface area contributed by atoms with Crippen LogP contribution in [-0.4, -0.2) is 27.2 Å². The number of benzene rings is 1. The van der Waals surface area contributed by atoms with Crippen molar-refractivity contribution in [3.8, 4) is 0 Å². The topological polar surface area (TPSA) is 92.2 Å². The van der Waals surface area contributed by atoms with Crippen LogP contribution in [-0.2, 0) is 16.0 Å². The van der Waals surface area contributed by atoms with Crippen LogP contribution in [0.3, 0.4) is 0 Å². The zero-order chi connectivity index (χ0) is 23.2. The van der Waals surface area contributed by atoms with E-state index in [9.17, 15) is 9.59 Å². The Kier molecular flexibility index (Phi) is 5.55. The van der Waals surface area contributed by atoms with Gasteiger partial charge in [0.15, 0.2) is 0 Å². The number of fused-ring (bicyclic) bond motifs is 5. The number of hydrogen-bond donors (Lipinski definition) is 2. The molecule has 33 heavy (non-hydrogen) atoms. The Bertz CT molecular complexity index is 1140. The number of aromatic nitrogens is 2. The number of carbonyl (C=O) groups excluding carboxylic acids is 1. The molecule has 1 saturated carbocycles. The van der Waals surface area contributed by atoms with E-state index in [1.54, 1.807) is 0 Å². The quantitative estimate of drug-likeness (QED) is 0.665. The smallest absolute Gasteiger partial charge is 0.303 e. The fraction of sp³-hybridized carbons (Fsp3) is 0.481. The minimum Gasteiger partial charge on any atom is -0.481 e. The normalized spacial score (nSPS) is 27.7. The average molecular weight is 446 g/mol. The first-order valence-electron chi connectivity index (χ1n) is 12.0. The summed E-state index contributed by atoms with van der Waals surface area (Å²) in [5.74, 6) is 0.671. The summed E-state index contributed by atoms with van der Waals surface area (Å²) < 4.78 is 0. The molecular weight excluding hydrogens is 414 g/mol. The molecule has 1 heterocycles. The van der Waals surface area contributed by atoms with Crippen LogP contribution in [0.1, 0.15) is 73.8 Å². The zero-order valence-corrected chi connectivity index (χ0v) is 19.3. The number of aliphatic carboxylic acids is 1. The summed E-state index contributed by atoms with van der Waals surface area (Å²) in [6.07, 6.45) is 9.88. The predicted molar refractivity (Wildman–Crippen MR) is 127 cm³/mol. The fourth-order valence-electron chi connectivity index (χ4n) is 6.74. The number of nitrogens with zero attached hydrogens (tertiary/aromatic N) is 2. The Labute approximate surface area is 194 Å². The van der Waals surface area contributed by atoms with Gasteiger partial charge in [-0.15, -0.1) is 0 Å². The highest BCUT2D eigenvalue weighted by molar-refractivity contribution is 5.92. The molecule has 0 saturated heterocycles. The number of carboxylic acid groups (broad SMARTS) is 1. The first kappa shape index (κ1) is 21.8. The number of allylic oxidation sites excluding steroid dienone is 2. The molecule has 0 bridgehead atoms. The molecule has 6 heteroatoms. The van der Waals surface area contributed by atoms with Crippen LogP contribution in [0.15, 0.2) is 36.5 Å². The van der Waals surface area contributed by atoms with Crippen molar-refractivity contribution in [3.05, 3.63) is 58.9 Å². The van der Waals surface area contributed by atoms with Gasteiger partial charge in [0, 0.05) is 12.1 Å². The monoisotopic (exact) mass is 445 g/mol. The van der Waals surface area contributed by atoms with Crippen LogP contribution in [0.25, 0.3) is 5.57 Å². The lowest BCUT2D eigenvalue weighted by Gasteiger charge is -2.50. The van der Waals surface area contributed by atoms with Crippen molar-refractivity contribution < 1.29 is 14.7 Å². The van der Waals surface area contributed by atoms with Crippen LogP contribution in [0, 0.1) is 24.2 Å². The van der Waals surface area contributed by atoms with E-state index in [2.05, 4.69) is 46.7 Å². The summed E-state index contributed by atoms with van der Waals surface area (Å²) >= 11 is 0. The van der Waals surface area contributed by atoms with Gasteiger partial charge in [-0.25, -0.2) is 0 Å². The minimum absolute atomic E-state index is 0.000759. The van der Waals surface area contributed by atoms with E-state index < -0.39 is 5.97 Å². The Balaban J connectivity index is 1.33. The van der Waals surface area contributed by atoms with E-state index in [-0.39, 0.29) is 24.2 Å². The van der Waals surface area contributed by atoms with Gasteiger partial charge in [-0.1, -0.05) is 19.1 Å². The summed E-state index contributed by atoms with van der Waals surface area (Å²) in [7, 11) is 0. The molecule has 3 aliphatic rings. The number of anilines is 1. The molecule has 1 amide bonds. The third-order valence-corrected chi connectivity index (χ3v) is 8.24. The molecule has 4 atom stereocenters. The zero-order valence-electron chi connectivity index (χ0n) is 19.3. The number of rotatable bonds is 5. The summed E-state index contributed by atoms with van der Waals surface area (Å²) in [5, 5.41) is 20.0. The number of carboxylic acids is 1. The molecule has 172 valence electrons. The minimum atomic E-state index is -0.953. The Morgan fingerprint density at radius 1 is 1.21 bits per heavy atom. The molecule has 6 nitrogen and oxygen atoms in total. The SMILES string of the molecule is Cc1cc(C2=CC[C@H]3[C@@H]4CCc5cc(NC(=O)CCC(=O)O)ccc5[C@H]4CC[C@]23C)cnn1. The molecule has 0 unspecified atom stereocenters. The molecular formula is C27H31N3O3. The molecule has 3 aliphatic carbocycles. The lowest BCUT2D eigenvalue weighted by Crippen LogP contribution is -2.40. The maximum Gasteiger partial charge on any atom is 0.303 e. The first-order valence-corrected chi connectivity index (χ1v) is 12.0. The molecule has 0 radical (unpaired) electrons. The standard InChI is InChI=1S/C27H31N3O3/c1-16-13-18(15-28-30-16)23-7-8-24-22-5-3-17-14-19(29-25(31)9-10-26(32)33)4-6-20(17)21(22)11-12-27(23,24)2/h4,6-7,13-15,21-22,24H,3,5,8-12H2,1-2H3,(H,29,31)(H,32,33)/t21-,22-,24+,27-/m1/s1. The predicted octanol–water partition coefficient (Wildman–Crippen LogP) is 5.14. The Morgan fingerprint density at radius 3 is 2.85 bits per heavy atom. The molecule has 1 fully saturated rings. The summed E-state index contributed by atoms with van der Waals surface area (Å²) in [6, 6.07) is 8.45. The Morgan fingerprint density at radius 2 is 2.06 bits per heavy atom. The molecule has 0 spiro atoms. The van der Waals surface area contributed by atoms with E-state index >= 15 is 0 Å². The number of aryl methyl sites for hydroxylation is 2. The van der Waals surface area contributed by atoms with Gasteiger partial charge in [0.1, 0.15) is 0 Å². The molecule has 1 aromatic heterocycles. The number of carbonyl (C=O) groups is 2. The second-order valence-corrected chi connectivity index (χ2v) is 10.2. The van der Waals surface area contributed by atoms with E-state index in [4.69, 9.17) is 5.11 Å². The van der Waals surface area contributed by atoms with Crippen LogP contribution in [0.4, 0.5) is 5.69 Å². The Hall–Kier alpha value is -3.02. The third-order valence-electron chi connectivity index (χ3n) is 8.24. The van der Waals surface area contributed by atoms with Gasteiger partial charge < -0.3 is 10.4 Å². The van der Waals surface area contributed by atoms with Gasteiger partial charge in [-0.3, -0.25) is 9.59 Å². The summed E-state index contributed by atoms with van der Waals surface area (Å²) in [5.41, 5.74) is 7.37. The highest BCUT2D eigenvalue weighted by Crippen LogP contribution is 2.63. The number of hydrogen-bond acceptors (Lipinski definition) is 4.